The topological polar surface area (TPSA) is 97.7 Å². The van der Waals surface area contributed by atoms with Crippen LogP contribution >= 0.6 is 0 Å². The van der Waals surface area contributed by atoms with Gasteiger partial charge in [0.15, 0.2) is 5.65 Å². The monoisotopic (exact) mass is 434 g/mol. The van der Waals surface area contributed by atoms with E-state index in [1.54, 1.807) is 31.8 Å². The van der Waals surface area contributed by atoms with Gasteiger partial charge in [-0.2, -0.15) is 5.10 Å². The molecule has 0 aromatic carbocycles. The number of piperidine rings is 1. The van der Waals surface area contributed by atoms with E-state index in [0.29, 0.717) is 18.7 Å². The highest BCUT2D eigenvalue weighted by atomic mass is 16.3. The van der Waals surface area contributed by atoms with Crippen molar-refractivity contribution in [2.24, 2.45) is 7.05 Å². The highest BCUT2D eigenvalue weighted by Gasteiger charge is 2.34. The molecule has 32 heavy (non-hydrogen) atoms. The molecule has 4 aromatic heterocycles. The summed E-state index contributed by atoms with van der Waals surface area (Å²) >= 11 is 0. The van der Waals surface area contributed by atoms with Crippen LogP contribution in [-0.4, -0.2) is 58.3 Å². The summed E-state index contributed by atoms with van der Waals surface area (Å²) in [7, 11) is 1.74. The number of hydrogen-bond acceptors (Lipinski definition) is 5. The lowest BCUT2D eigenvalue weighted by molar-refractivity contribution is -0.149. The second-order valence-corrected chi connectivity index (χ2v) is 8.95. The van der Waals surface area contributed by atoms with Crippen LogP contribution in [0.1, 0.15) is 32.7 Å². The number of aromatic nitrogens is 5. The van der Waals surface area contributed by atoms with Gasteiger partial charge in [0.2, 0.25) is 0 Å². The van der Waals surface area contributed by atoms with Gasteiger partial charge in [-0.15, -0.1) is 0 Å². The summed E-state index contributed by atoms with van der Waals surface area (Å²) in [5, 5.41) is 14.6. The van der Waals surface area contributed by atoms with E-state index in [1.165, 1.54) is 13.8 Å². The Morgan fingerprint density at radius 3 is 2.78 bits per heavy atom. The van der Waals surface area contributed by atoms with Gasteiger partial charge in [0.1, 0.15) is 5.60 Å². The highest BCUT2D eigenvalue weighted by molar-refractivity contribution is 5.84. The molecule has 0 unspecified atom stereocenters. The molecule has 9 heteroatoms. The quantitative estimate of drug-likeness (QED) is 0.532. The first-order valence-corrected chi connectivity index (χ1v) is 10.8. The Balaban J connectivity index is 1.60. The Kier molecular flexibility index (Phi) is 4.67. The molecule has 0 spiro atoms. The number of aliphatic hydroxyl groups is 1. The third-order valence-electron chi connectivity index (χ3n) is 6.21. The standard InChI is InChI=1S/C23H26N6O3/c1-23(2,32)21(30)27-11-6-7-15(14-27)29-20-19(26(3)22(29)31)10-9-17(25-20)16-13-24-28-12-5-4-8-18(16)28/h4-5,8-10,12-13,15,32H,6-7,11,14H2,1-3H3/t15-/m0/s1. The molecule has 0 radical (unpaired) electrons. The number of carbonyl (C=O) groups excluding carboxylic acids is 1. The zero-order valence-electron chi connectivity index (χ0n) is 18.4. The lowest BCUT2D eigenvalue weighted by Gasteiger charge is -2.36. The van der Waals surface area contributed by atoms with Gasteiger partial charge in [0.25, 0.3) is 5.91 Å². The van der Waals surface area contributed by atoms with Crippen molar-refractivity contribution < 1.29 is 9.90 Å². The maximum absolute atomic E-state index is 13.2. The minimum atomic E-state index is -1.44. The largest absolute Gasteiger partial charge is 0.381 e. The maximum atomic E-state index is 13.2. The molecular weight excluding hydrogens is 408 g/mol. The molecule has 1 atom stereocenters. The van der Waals surface area contributed by atoms with Crippen LogP contribution in [0, 0.1) is 0 Å². The van der Waals surface area contributed by atoms with E-state index in [0.717, 1.165) is 35.1 Å². The summed E-state index contributed by atoms with van der Waals surface area (Å²) in [5.41, 5.74) is 2.28. The number of fused-ring (bicyclic) bond motifs is 2. The average molecular weight is 435 g/mol. The van der Waals surface area contributed by atoms with Crippen molar-refractivity contribution in [1.29, 1.82) is 0 Å². The number of rotatable bonds is 3. The number of pyridine rings is 2. The van der Waals surface area contributed by atoms with Gasteiger partial charge in [-0.05, 0) is 51.0 Å². The SMILES string of the molecule is Cn1c(=O)n([C@H]2CCCN(C(=O)C(C)(C)O)C2)c2nc(-c3cnn4ccccc34)ccc21. The van der Waals surface area contributed by atoms with Crippen molar-refractivity contribution in [3.05, 3.63) is 53.2 Å². The number of hydrogen-bond donors (Lipinski definition) is 1. The molecule has 0 aliphatic carbocycles. The minimum Gasteiger partial charge on any atom is -0.381 e. The highest BCUT2D eigenvalue weighted by Crippen LogP contribution is 2.28. The predicted octanol–water partition coefficient (Wildman–Crippen LogP) is 1.98. The molecule has 9 nitrogen and oxygen atoms in total. The summed E-state index contributed by atoms with van der Waals surface area (Å²) in [6.07, 6.45) is 5.17. The Morgan fingerprint density at radius 1 is 1.19 bits per heavy atom. The number of amides is 1. The van der Waals surface area contributed by atoms with Gasteiger partial charge < -0.3 is 10.0 Å². The molecule has 1 aliphatic heterocycles. The molecule has 0 bridgehead atoms. The number of aryl methyl sites for hydroxylation is 1. The molecular formula is C23H26N6O3. The summed E-state index contributed by atoms with van der Waals surface area (Å²) in [6, 6.07) is 9.45. The predicted molar refractivity (Wildman–Crippen MR) is 120 cm³/mol. The van der Waals surface area contributed by atoms with Crippen LogP contribution in [-0.2, 0) is 11.8 Å². The van der Waals surface area contributed by atoms with Crippen molar-refractivity contribution in [2.75, 3.05) is 13.1 Å². The van der Waals surface area contributed by atoms with Gasteiger partial charge in [0.05, 0.1) is 29.0 Å². The van der Waals surface area contributed by atoms with Crippen LogP contribution < -0.4 is 5.69 Å². The van der Waals surface area contributed by atoms with Gasteiger partial charge in [-0.3, -0.25) is 13.9 Å². The smallest absolute Gasteiger partial charge is 0.330 e. The first kappa shape index (κ1) is 20.4. The number of likely N-dealkylation sites (tertiary alicyclic amines) is 1. The molecule has 5 rings (SSSR count). The van der Waals surface area contributed by atoms with Gasteiger partial charge in [-0.1, -0.05) is 6.07 Å². The normalized spacial score (nSPS) is 17.4. The molecule has 166 valence electrons. The molecule has 5 heterocycles. The number of imidazole rings is 1. The average Bonchev–Trinajstić information content (AvgIpc) is 3.31. The zero-order chi connectivity index (χ0) is 22.6. The number of nitrogens with zero attached hydrogens (tertiary/aromatic N) is 6. The molecule has 1 amide bonds. The van der Waals surface area contributed by atoms with Gasteiger partial charge in [-0.25, -0.2) is 14.3 Å². The second-order valence-electron chi connectivity index (χ2n) is 8.95. The molecule has 1 fully saturated rings. The van der Waals surface area contributed by atoms with Crippen molar-refractivity contribution in [1.82, 2.24) is 28.6 Å². The van der Waals surface area contributed by atoms with E-state index in [1.807, 2.05) is 36.5 Å². The second kappa shape index (κ2) is 7.30. The van der Waals surface area contributed by atoms with E-state index in [2.05, 4.69) is 5.10 Å². The fraction of sp³-hybridized carbons (Fsp3) is 0.391. The summed E-state index contributed by atoms with van der Waals surface area (Å²) in [4.78, 5) is 32.4. The van der Waals surface area contributed by atoms with E-state index in [9.17, 15) is 14.7 Å². The zero-order valence-corrected chi connectivity index (χ0v) is 18.4. The van der Waals surface area contributed by atoms with Crippen LogP contribution in [0.2, 0.25) is 0 Å². The Morgan fingerprint density at radius 2 is 2.00 bits per heavy atom. The molecule has 1 N–H and O–H groups in total. The molecule has 1 aliphatic rings. The first-order chi connectivity index (χ1) is 15.3. The van der Waals surface area contributed by atoms with Gasteiger partial charge >= 0.3 is 5.69 Å². The third kappa shape index (κ3) is 3.20. The van der Waals surface area contributed by atoms with E-state index >= 15 is 0 Å². The number of carbonyl (C=O) groups is 1. The Hall–Kier alpha value is -3.46. The van der Waals surface area contributed by atoms with Crippen molar-refractivity contribution in [3.8, 4) is 11.3 Å². The lowest BCUT2D eigenvalue weighted by Crippen LogP contribution is -2.50. The van der Waals surface area contributed by atoms with Crippen molar-refractivity contribution in [2.45, 2.75) is 38.3 Å². The summed E-state index contributed by atoms with van der Waals surface area (Å²) < 4.78 is 5.09. The van der Waals surface area contributed by atoms with Crippen LogP contribution in [0.4, 0.5) is 0 Å². The van der Waals surface area contributed by atoms with Crippen LogP contribution in [0.5, 0.6) is 0 Å². The van der Waals surface area contributed by atoms with Crippen LogP contribution in [0.25, 0.3) is 27.9 Å². The fourth-order valence-electron chi connectivity index (χ4n) is 4.58. The summed E-state index contributed by atoms with van der Waals surface area (Å²) in [6.45, 7) is 3.92. The van der Waals surface area contributed by atoms with Crippen molar-refractivity contribution >= 4 is 22.6 Å². The van der Waals surface area contributed by atoms with Crippen molar-refractivity contribution in [3.63, 3.8) is 0 Å². The Labute approximate surface area is 184 Å². The van der Waals surface area contributed by atoms with E-state index in [-0.39, 0.29) is 17.6 Å². The van der Waals surface area contributed by atoms with Crippen LogP contribution in [0.3, 0.4) is 0 Å². The third-order valence-corrected chi connectivity index (χ3v) is 6.21. The lowest BCUT2D eigenvalue weighted by atomic mass is 10.0. The minimum absolute atomic E-state index is 0.160. The fourth-order valence-corrected chi connectivity index (χ4v) is 4.58. The molecule has 0 saturated carbocycles. The first-order valence-electron chi connectivity index (χ1n) is 10.8. The van der Waals surface area contributed by atoms with E-state index < -0.39 is 5.60 Å². The molecule has 1 saturated heterocycles. The van der Waals surface area contributed by atoms with Crippen LogP contribution in [0.15, 0.2) is 47.5 Å². The molecule has 4 aromatic rings. The Bertz CT molecular complexity index is 1390. The summed E-state index contributed by atoms with van der Waals surface area (Å²) in [5.74, 6) is -0.324. The van der Waals surface area contributed by atoms with E-state index in [4.69, 9.17) is 4.98 Å². The maximum Gasteiger partial charge on any atom is 0.330 e. The van der Waals surface area contributed by atoms with Gasteiger partial charge in [0, 0.05) is 31.9 Å².